The summed E-state index contributed by atoms with van der Waals surface area (Å²) in [5, 5.41) is 2.77. The molecule has 1 N–H and O–H groups in total. The van der Waals surface area contributed by atoms with Crippen molar-refractivity contribution in [2.24, 2.45) is 0 Å². The number of benzene rings is 3. The van der Waals surface area contributed by atoms with Gasteiger partial charge in [-0.1, -0.05) is 30.3 Å². The Morgan fingerprint density at radius 1 is 0.793 bits per heavy atom. The van der Waals surface area contributed by atoms with Gasteiger partial charge in [0.05, 0.1) is 6.10 Å². The summed E-state index contributed by atoms with van der Waals surface area (Å²) in [5.41, 5.74) is 1.86. The van der Waals surface area contributed by atoms with Gasteiger partial charge in [0, 0.05) is 16.8 Å². The predicted molar refractivity (Wildman–Crippen MR) is 113 cm³/mol. The van der Waals surface area contributed by atoms with Crippen LogP contribution < -0.4 is 14.8 Å². The maximum Gasteiger partial charge on any atom is 0.262 e. The summed E-state index contributed by atoms with van der Waals surface area (Å²) in [5.74, 6) is 0.941. The van der Waals surface area contributed by atoms with Crippen LogP contribution in [0.25, 0.3) is 0 Å². The standard InChI is InChI=1S/C24H23NO4/c1-17(2)29-22-14-10-20(11-15-22)25-23(26)16-28-21-12-8-19(9-13-21)24(27)18-6-4-3-5-7-18/h3-15,17H,16H2,1-2H3,(H,25,26). The van der Waals surface area contributed by atoms with Gasteiger partial charge in [-0.3, -0.25) is 9.59 Å². The van der Waals surface area contributed by atoms with E-state index < -0.39 is 0 Å². The summed E-state index contributed by atoms with van der Waals surface area (Å²) in [7, 11) is 0. The highest BCUT2D eigenvalue weighted by atomic mass is 16.5. The van der Waals surface area contributed by atoms with Crippen molar-refractivity contribution in [2.75, 3.05) is 11.9 Å². The molecule has 3 aromatic rings. The summed E-state index contributed by atoms with van der Waals surface area (Å²) < 4.78 is 11.1. The molecule has 5 heteroatoms. The van der Waals surface area contributed by atoms with Crippen molar-refractivity contribution >= 4 is 17.4 Å². The lowest BCUT2D eigenvalue weighted by atomic mass is 10.0. The van der Waals surface area contributed by atoms with Crippen LogP contribution in [0.2, 0.25) is 0 Å². The zero-order chi connectivity index (χ0) is 20.6. The molecule has 0 aliphatic carbocycles. The van der Waals surface area contributed by atoms with E-state index in [0.29, 0.717) is 22.6 Å². The van der Waals surface area contributed by atoms with Gasteiger partial charge < -0.3 is 14.8 Å². The van der Waals surface area contributed by atoms with E-state index in [4.69, 9.17) is 9.47 Å². The van der Waals surface area contributed by atoms with E-state index in [2.05, 4.69) is 5.32 Å². The van der Waals surface area contributed by atoms with E-state index >= 15 is 0 Å². The molecule has 3 aromatic carbocycles. The summed E-state index contributed by atoms with van der Waals surface area (Å²) in [4.78, 5) is 24.5. The largest absolute Gasteiger partial charge is 0.491 e. The summed E-state index contributed by atoms with van der Waals surface area (Å²) in [6, 6.07) is 23.0. The molecule has 0 saturated carbocycles. The molecule has 0 spiro atoms. The molecular weight excluding hydrogens is 366 g/mol. The number of ketones is 1. The smallest absolute Gasteiger partial charge is 0.262 e. The number of hydrogen-bond donors (Lipinski definition) is 1. The van der Waals surface area contributed by atoms with Crippen molar-refractivity contribution in [3.63, 3.8) is 0 Å². The van der Waals surface area contributed by atoms with Crippen LogP contribution in [0.3, 0.4) is 0 Å². The van der Waals surface area contributed by atoms with E-state index in [9.17, 15) is 9.59 Å². The first-order chi connectivity index (χ1) is 14.0. The van der Waals surface area contributed by atoms with E-state index in [1.54, 1.807) is 60.7 Å². The Kier molecular flexibility index (Phi) is 6.63. The van der Waals surface area contributed by atoms with Crippen molar-refractivity contribution in [3.05, 3.63) is 90.0 Å². The van der Waals surface area contributed by atoms with E-state index in [1.165, 1.54) is 0 Å². The Morgan fingerprint density at radius 2 is 1.38 bits per heavy atom. The maximum atomic E-state index is 12.4. The van der Waals surface area contributed by atoms with E-state index in [0.717, 1.165) is 5.75 Å². The lowest BCUT2D eigenvalue weighted by Gasteiger charge is -2.11. The SMILES string of the molecule is CC(C)Oc1ccc(NC(=O)COc2ccc(C(=O)c3ccccc3)cc2)cc1. The minimum atomic E-state index is -0.271. The van der Waals surface area contributed by atoms with Crippen LogP contribution in [-0.4, -0.2) is 24.4 Å². The molecule has 0 unspecified atom stereocenters. The summed E-state index contributed by atoms with van der Waals surface area (Å²) >= 11 is 0. The molecule has 0 atom stereocenters. The van der Waals surface area contributed by atoms with Crippen LogP contribution in [0.1, 0.15) is 29.8 Å². The quantitative estimate of drug-likeness (QED) is 0.566. The number of amides is 1. The second-order valence-corrected chi connectivity index (χ2v) is 6.75. The first-order valence-corrected chi connectivity index (χ1v) is 9.40. The highest BCUT2D eigenvalue weighted by Gasteiger charge is 2.09. The monoisotopic (exact) mass is 389 g/mol. The van der Waals surface area contributed by atoms with Gasteiger partial charge in [-0.15, -0.1) is 0 Å². The molecule has 0 aliphatic heterocycles. The Labute approximate surface area is 170 Å². The van der Waals surface area contributed by atoms with Crippen LogP contribution in [0, 0.1) is 0 Å². The fraction of sp³-hybridized carbons (Fsp3) is 0.167. The number of nitrogens with one attached hydrogen (secondary N) is 1. The average molecular weight is 389 g/mol. The van der Waals surface area contributed by atoms with Crippen LogP contribution in [0.15, 0.2) is 78.9 Å². The molecule has 0 saturated heterocycles. The number of hydrogen-bond acceptors (Lipinski definition) is 4. The Hall–Kier alpha value is -3.60. The zero-order valence-electron chi connectivity index (χ0n) is 16.4. The zero-order valence-corrected chi connectivity index (χ0v) is 16.4. The average Bonchev–Trinajstić information content (AvgIpc) is 2.74. The van der Waals surface area contributed by atoms with Crippen LogP contribution >= 0.6 is 0 Å². The van der Waals surface area contributed by atoms with Crippen molar-refractivity contribution in [2.45, 2.75) is 20.0 Å². The third-order valence-electron chi connectivity index (χ3n) is 4.03. The molecule has 0 aromatic heterocycles. The predicted octanol–water partition coefficient (Wildman–Crippen LogP) is 4.72. The van der Waals surface area contributed by atoms with Crippen molar-refractivity contribution in [1.29, 1.82) is 0 Å². The first-order valence-electron chi connectivity index (χ1n) is 9.40. The van der Waals surface area contributed by atoms with Crippen molar-refractivity contribution in [3.8, 4) is 11.5 Å². The lowest BCUT2D eigenvalue weighted by Crippen LogP contribution is -2.20. The summed E-state index contributed by atoms with van der Waals surface area (Å²) in [6.45, 7) is 3.78. The normalized spacial score (nSPS) is 10.4. The third-order valence-corrected chi connectivity index (χ3v) is 4.03. The Bertz CT molecular complexity index is 948. The molecule has 5 nitrogen and oxygen atoms in total. The molecular formula is C24H23NO4. The minimum absolute atomic E-state index is 0.0558. The van der Waals surface area contributed by atoms with Crippen LogP contribution in [0.4, 0.5) is 5.69 Å². The van der Waals surface area contributed by atoms with Gasteiger partial charge in [0.1, 0.15) is 11.5 Å². The number of carbonyl (C=O) groups excluding carboxylic acids is 2. The van der Waals surface area contributed by atoms with Gasteiger partial charge in [0.25, 0.3) is 5.91 Å². The van der Waals surface area contributed by atoms with Crippen LogP contribution in [-0.2, 0) is 4.79 Å². The van der Waals surface area contributed by atoms with E-state index in [1.807, 2.05) is 32.0 Å². The van der Waals surface area contributed by atoms with E-state index in [-0.39, 0.29) is 24.4 Å². The maximum absolute atomic E-state index is 12.4. The minimum Gasteiger partial charge on any atom is -0.491 e. The highest BCUT2D eigenvalue weighted by Crippen LogP contribution is 2.18. The van der Waals surface area contributed by atoms with Crippen molar-refractivity contribution < 1.29 is 19.1 Å². The third kappa shape index (κ3) is 5.94. The van der Waals surface area contributed by atoms with Gasteiger partial charge in [-0.2, -0.15) is 0 Å². The van der Waals surface area contributed by atoms with Gasteiger partial charge in [0.2, 0.25) is 0 Å². The van der Waals surface area contributed by atoms with Gasteiger partial charge in [-0.05, 0) is 62.4 Å². The molecule has 0 bridgehead atoms. The second kappa shape index (κ2) is 9.55. The Morgan fingerprint density at radius 3 is 2.00 bits per heavy atom. The number of rotatable bonds is 8. The molecule has 148 valence electrons. The number of carbonyl (C=O) groups is 2. The molecule has 1 amide bonds. The fourth-order valence-corrected chi connectivity index (χ4v) is 2.69. The molecule has 3 rings (SSSR count). The van der Waals surface area contributed by atoms with Crippen LogP contribution in [0.5, 0.6) is 11.5 Å². The number of ether oxygens (including phenoxy) is 2. The molecule has 0 fully saturated rings. The molecule has 0 radical (unpaired) electrons. The van der Waals surface area contributed by atoms with Gasteiger partial charge in [0.15, 0.2) is 12.4 Å². The fourth-order valence-electron chi connectivity index (χ4n) is 2.69. The van der Waals surface area contributed by atoms with Gasteiger partial charge in [-0.25, -0.2) is 0 Å². The molecule has 0 aliphatic rings. The molecule has 29 heavy (non-hydrogen) atoms. The molecule has 0 heterocycles. The van der Waals surface area contributed by atoms with Gasteiger partial charge >= 0.3 is 0 Å². The highest BCUT2D eigenvalue weighted by molar-refractivity contribution is 6.09. The first kappa shape index (κ1) is 20.1. The lowest BCUT2D eigenvalue weighted by molar-refractivity contribution is -0.118. The number of anilines is 1. The Balaban J connectivity index is 1.50. The summed E-state index contributed by atoms with van der Waals surface area (Å²) in [6.07, 6.45) is 0.0956. The van der Waals surface area contributed by atoms with Crippen molar-refractivity contribution in [1.82, 2.24) is 0 Å². The second-order valence-electron chi connectivity index (χ2n) is 6.75. The topological polar surface area (TPSA) is 64.6 Å².